The van der Waals surface area contributed by atoms with E-state index in [1.807, 2.05) is 67.1 Å². The van der Waals surface area contributed by atoms with Gasteiger partial charge >= 0.3 is 5.97 Å². The topological polar surface area (TPSA) is 57.3 Å². The molecule has 0 aliphatic heterocycles. The number of esters is 1. The molecule has 0 bridgehead atoms. The third kappa shape index (κ3) is 3.22. The van der Waals surface area contributed by atoms with Gasteiger partial charge in [0.2, 0.25) is 0 Å². The number of hydrogen-bond donors (Lipinski definition) is 0. The summed E-state index contributed by atoms with van der Waals surface area (Å²) in [4.78, 5) is 12.6. The van der Waals surface area contributed by atoms with Gasteiger partial charge in [-0.15, -0.1) is 0 Å². The number of nitrogens with zero attached hydrogens (tertiary/aromatic N) is 2. The van der Waals surface area contributed by atoms with E-state index in [2.05, 4.69) is 5.10 Å². The molecular formula is C23H20N2O3. The quantitative estimate of drug-likeness (QED) is 0.350. The van der Waals surface area contributed by atoms with Crippen molar-refractivity contribution in [3.05, 3.63) is 84.3 Å². The highest BCUT2D eigenvalue weighted by molar-refractivity contribution is 5.93. The first-order chi connectivity index (χ1) is 13.7. The lowest BCUT2D eigenvalue weighted by Gasteiger charge is -2.12. The van der Waals surface area contributed by atoms with Crippen LogP contribution in [0.2, 0.25) is 0 Å². The van der Waals surface area contributed by atoms with Crippen molar-refractivity contribution in [3.8, 4) is 28.3 Å². The standard InChI is InChI=1S/C23H20N2O3/c1-3-25-22(20-14-9-15-27-20)21(16(2)24-25)18-12-7-8-13-19(18)28-23(26)17-10-5-4-6-11-17/h4-15H,3H2,1-2H3. The highest BCUT2D eigenvalue weighted by Gasteiger charge is 2.23. The first-order valence-corrected chi connectivity index (χ1v) is 9.17. The van der Waals surface area contributed by atoms with E-state index >= 15 is 0 Å². The minimum Gasteiger partial charge on any atom is -0.463 e. The minimum atomic E-state index is -0.395. The van der Waals surface area contributed by atoms with Crippen LogP contribution in [-0.4, -0.2) is 15.7 Å². The van der Waals surface area contributed by atoms with Gasteiger partial charge in [-0.2, -0.15) is 5.10 Å². The molecule has 0 radical (unpaired) electrons. The molecule has 0 spiro atoms. The van der Waals surface area contributed by atoms with Crippen LogP contribution >= 0.6 is 0 Å². The number of furan rings is 1. The molecule has 0 amide bonds. The molecule has 5 nitrogen and oxygen atoms in total. The second-order valence-corrected chi connectivity index (χ2v) is 6.35. The molecule has 140 valence electrons. The number of hydrogen-bond acceptors (Lipinski definition) is 4. The van der Waals surface area contributed by atoms with E-state index in [0.29, 0.717) is 17.9 Å². The summed E-state index contributed by atoms with van der Waals surface area (Å²) < 4.78 is 13.3. The third-order valence-electron chi connectivity index (χ3n) is 4.55. The highest BCUT2D eigenvalue weighted by Crippen LogP contribution is 2.40. The maximum Gasteiger partial charge on any atom is 0.343 e. The minimum absolute atomic E-state index is 0.395. The predicted molar refractivity (Wildman–Crippen MR) is 107 cm³/mol. The number of aromatic nitrogens is 2. The Labute approximate surface area is 163 Å². The Morgan fingerprint density at radius 1 is 1.04 bits per heavy atom. The predicted octanol–water partition coefficient (Wildman–Crippen LogP) is 5.36. The number of para-hydroxylation sites is 1. The smallest absolute Gasteiger partial charge is 0.343 e. The molecule has 5 heteroatoms. The second-order valence-electron chi connectivity index (χ2n) is 6.35. The number of carbonyl (C=O) groups excluding carboxylic acids is 1. The summed E-state index contributed by atoms with van der Waals surface area (Å²) >= 11 is 0. The largest absolute Gasteiger partial charge is 0.463 e. The van der Waals surface area contributed by atoms with Gasteiger partial charge < -0.3 is 9.15 Å². The van der Waals surface area contributed by atoms with Crippen LogP contribution in [0.4, 0.5) is 0 Å². The first-order valence-electron chi connectivity index (χ1n) is 9.17. The molecule has 0 fully saturated rings. The molecule has 0 unspecified atom stereocenters. The van der Waals surface area contributed by atoms with Crippen molar-refractivity contribution in [1.82, 2.24) is 9.78 Å². The molecule has 0 saturated heterocycles. The fraction of sp³-hybridized carbons (Fsp3) is 0.130. The Hall–Kier alpha value is -3.60. The summed E-state index contributed by atoms with van der Waals surface area (Å²) in [7, 11) is 0. The molecular weight excluding hydrogens is 352 g/mol. The molecule has 0 atom stereocenters. The van der Waals surface area contributed by atoms with E-state index in [1.54, 1.807) is 24.5 Å². The summed E-state index contributed by atoms with van der Waals surface area (Å²) in [6.45, 7) is 4.68. The fourth-order valence-electron chi connectivity index (χ4n) is 3.29. The molecule has 0 N–H and O–H groups in total. The average molecular weight is 372 g/mol. The van der Waals surface area contributed by atoms with Crippen LogP contribution in [0.1, 0.15) is 23.0 Å². The Kier molecular flexibility index (Phi) is 4.81. The summed E-state index contributed by atoms with van der Waals surface area (Å²) in [5.74, 6) is 0.817. The van der Waals surface area contributed by atoms with E-state index in [-0.39, 0.29) is 0 Å². The zero-order valence-corrected chi connectivity index (χ0v) is 15.8. The molecule has 2 aromatic carbocycles. The van der Waals surface area contributed by atoms with E-state index in [1.165, 1.54) is 0 Å². The zero-order valence-electron chi connectivity index (χ0n) is 15.8. The van der Waals surface area contributed by atoms with Gasteiger partial charge in [-0.1, -0.05) is 36.4 Å². The number of rotatable bonds is 5. The van der Waals surface area contributed by atoms with Crippen LogP contribution < -0.4 is 4.74 Å². The molecule has 4 rings (SSSR count). The van der Waals surface area contributed by atoms with E-state index in [0.717, 1.165) is 28.3 Å². The van der Waals surface area contributed by atoms with E-state index in [9.17, 15) is 4.79 Å². The van der Waals surface area contributed by atoms with Crippen molar-refractivity contribution in [2.24, 2.45) is 0 Å². The Morgan fingerprint density at radius 2 is 1.79 bits per heavy atom. The SMILES string of the molecule is CCn1nc(C)c(-c2ccccc2OC(=O)c2ccccc2)c1-c1ccco1. The van der Waals surface area contributed by atoms with Crippen LogP contribution in [0.3, 0.4) is 0 Å². The highest BCUT2D eigenvalue weighted by atomic mass is 16.5. The van der Waals surface area contributed by atoms with Crippen LogP contribution in [0.25, 0.3) is 22.6 Å². The average Bonchev–Trinajstić information content (AvgIpc) is 3.36. The Bertz CT molecular complexity index is 1100. The lowest BCUT2D eigenvalue weighted by Crippen LogP contribution is -2.09. The van der Waals surface area contributed by atoms with Gasteiger partial charge in [0.05, 0.1) is 17.5 Å². The van der Waals surface area contributed by atoms with Crippen molar-refractivity contribution < 1.29 is 13.9 Å². The molecule has 0 saturated carbocycles. The van der Waals surface area contributed by atoms with Gasteiger partial charge in [0.15, 0.2) is 5.76 Å². The maximum absolute atomic E-state index is 12.6. The van der Waals surface area contributed by atoms with Gasteiger partial charge in [-0.25, -0.2) is 4.79 Å². The van der Waals surface area contributed by atoms with Gasteiger partial charge in [0.25, 0.3) is 0 Å². The molecule has 0 aliphatic rings. The number of aryl methyl sites for hydroxylation is 2. The summed E-state index contributed by atoms with van der Waals surface area (Å²) in [6, 6.07) is 20.2. The zero-order chi connectivity index (χ0) is 19.5. The van der Waals surface area contributed by atoms with Gasteiger partial charge in [-0.05, 0) is 44.2 Å². The van der Waals surface area contributed by atoms with E-state index < -0.39 is 5.97 Å². The molecule has 4 aromatic rings. The van der Waals surface area contributed by atoms with Crippen molar-refractivity contribution in [2.75, 3.05) is 0 Å². The van der Waals surface area contributed by atoms with Crippen LogP contribution in [0.15, 0.2) is 77.4 Å². The summed E-state index contributed by atoms with van der Waals surface area (Å²) in [5.41, 5.74) is 3.91. The monoisotopic (exact) mass is 372 g/mol. The lowest BCUT2D eigenvalue weighted by molar-refractivity contribution is 0.0735. The van der Waals surface area contributed by atoms with Gasteiger partial charge in [0.1, 0.15) is 11.4 Å². The van der Waals surface area contributed by atoms with Crippen molar-refractivity contribution in [1.29, 1.82) is 0 Å². The van der Waals surface area contributed by atoms with Crippen LogP contribution in [0, 0.1) is 6.92 Å². The van der Waals surface area contributed by atoms with Crippen molar-refractivity contribution >= 4 is 5.97 Å². The van der Waals surface area contributed by atoms with Crippen molar-refractivity contribution in [3.63, 3.8) is 0 Å². The van der Waals surface area contributed by atoms with Gasteiger partial charge in [0, 0.05) is 17.7 Å². The first kappa shape index (κ1) is 17.8. The van der Waals surface area contributed by atoms with Gasteiger partial charge in [-0.3, -0.25) is 4.68 Å². The molecule has 0 aliphatic carbocycles. The lowest BCUT2D eigenvalue weighted by atomic mass is 10.0. The summed E-state index contributed by atoms with van der Waals surface area (Å²) in [6.07, 6.45) is 1.64. The Balaban J connectivity index is 1.82. The maximum atomic E-state index is 12.6. The molecule has 2 aromatic heterocycles. The third-order valence-corrected chi connectivity index (χ3v) is 4.55. The number of ether oxygens (including phenoxy) is 1. The molecule has 28 heavy (non-hydrogen) atoms. The fourth-order valence-corrected chi connectivity index (χ4v) is 3.29. The number of carbonyl (C=O) groups is 1. The number of benzene rings is 2. The van der Waals surface area contributed by atoms with Crippen LogP contribution in [-0.2, 0) is 6.54 Å². The van der Waals surface area contributed by atoms with Crippen molar-refractivity contribution in [2.45, 2.75) is 20.4 Å². The molecule has 2 heterocycles. The Morgan fingerprint density at radius 3 is 2.50 bits per heavy atom. The van der Waals surface area contributed by atoms with Crippen LogP contribution in [0.5, 0.6) is 5.75 Å². The normalized spacial score (nSPS) is 10.8. The summed E-state index contributed by atoms with van der Waals surface area (Å²) in [5, 5.41) is 4.66. The van der Waals surface area contributed by atoms with E-state index in [4.69, 9.17) is 9.15 Å². The second kappa shape index (κ2) is 7.56.